The molecule has 26 heavy (non-hydrogen) atoms. The highest BCUT2D eigenvalue weighted by molar-refractivity contribution is 5.90. The van der Waals surface area contributed by atoms with Gasteiger partial charge in [0.05, 0.1) is 6.04 Å². The molecule has 0 saturated heterocycles. The second kappa shape index (κ2) is 6.91. The van der Waals surface area contributed by atoms with E-state index in [2.05, 4.69) is 36.8 Å². The summed E-state index contributed by atoms with van der Waals surface area (Å²) in [5, 5.41) is 10.00. The number of nitrogens with zero attached hydrogens (tertiary/aromatic N) is 5. The van der Waals surface area contributed by atoms with E-state index in [1.165, 1.54) is 29.4 Å². The topological polar surface area (TPSA) is 97.6 Å². The number of para-hydroxylation sites is 1. The Bertz CT molecular complexity index is 905. The molecule has 3 aromatic rings. The Kier molecular flexibility index (Phi) is 4.30. The Morgan fingerprint density at radius 2 is 1.92 bits per heavy atom. The highest BCUT2D eigenvalue weighted by Crippen LogP contribution is 2.43. The van der Waals surface area contributed by atoms with Gasteiger partial charge in [-0.25, -0.2) is 19.7 Å². The van der Waals surface area contributed by atoms with Gasteiger partial charge >= 0.3 is 6.03 Å². The molecule has 4 rings (SSSR count). The summed E-state index contributed by atoms with van der Waals surface area (Å²) in [4.78, 5) is 25.0. The van der Waals surface area contributed by atoms with Crippen molar-refractivity contribution in [1.82, 2.24) is 30.0 Å². The summed E-state index contributed by atoms with van der Waals surface area (Å²) in [7, 11) is 0. The molecule has 8 heteroatoms. The number of hydrogen-bond acceptors (Lipinski definition) is 5. The summed E-state index contributed by atoms with van der Waals surface area (Å²) < 4.78 is 1.52. The van der Waals surface area contributed by atoms with Gasteiger partial charge in [-0.2, -0.15) is 9.78 Å². The average molecular weight is 349 g/mol. The average Bonchev–Trinajstić information content (AvgIpc) is 3.38. The fraction of sp³-hybridized carbons (Fsp3) is 0.278. The van der Waals surface area contributed by atoms with Crippen molar-refractivity contribution >= 4 is 11.7 Å². The number of anilines is 1. The van der Waals surface area contributed by atoms with Gasteiger partial charge in [0.15, 0.2) is 5.82 Å². The van der Waals surface area contributed by atoms with Gasteiger partial charge in [-0.05, 0) is 43.4 Å². The standard InChI is InChI=1S/C18H19N7O/c1-12(16-21-11-22-25(16)17-19-9-4-10-20-17)23-18(26)24-15-6-3-2-5-14(15)13-7-8-13/h2-6,9-13H,7-8H2,1H3,(H2,23,24,26). The summed E-state index contributed by atoms with van der Waals surface area (Å²) in [6, 6.07) is 9.00. The van der Waals surface area contributed by atoms with E-state index in [1.807, 2.05) is 25.1 Å². The van der Waals surface area contributed by atoms with E-state index < -0.39 is 0 Å². The number of rotatable bonds is 5. The molecule has 0 bridgehead atoms. The summed E-state index contributed by atoms with van der Waals surface area (Å²) in [6.07, 6.45) is 7.04. The van der Waals surface area contributed by atoms with Crippen LogP contribution in [0.15, 0.2) is 49.1 Å². The van der Waals surface area contributed by atoms with Gasteiger partial charge in [-0.1, -0.05) is 18.2 Å². The summed E-state index contributed by atoms with van der Waals surface area (Å²) in [5.41, 5.74) is 2.05. The SMILES string of the molecule is CC(NC(=O)Nc1ccccc1C1CC1)c1ncnn1-c1ncccn1. The zero-order chi connectivity index (χ0) is 17.9. The first-order chi connectivity index (χ1) is 12.7. The minimum atomic E-state index is -0.366. The number of benzene rings is 1. The van der Waals surface area contributed by atoms with E-state index in [0.717, 1.165) is 5.69 Å². The Morgan fingerprint density at radius 1 is 1.15 bits per heavy atom. The molecule has 1 unspecified atom stereocenters. The molecule has 1 aromatic carbocycles. The number of amides is 2. The zero-order valence-corrected chi connectivity index (χ0v) is 14.3. The highest BCUT2D eigenvalue weighted by Gasteiger charge is 2.26. The van der Waals surface area contributed by atoms with Gasteiger partial charge in [0, 0.05) is 18.1 Å². The normalized spacial score (nSPS) is 14.7. The van der Waals surface area contributed by atoms with E-state index in [1.54, 1.807) is 18.5 Å². The number of aromatic nitrogens is 5. The van der Waals surface area contributed by atoms with Gasteiger partial charge in [0.25, 0.3) is 5.95 Å². The van der Waals surface area contributed by atoms with Gasteiger partial charge in [-0.3, -0.25) is 0 Å². The number of urea groups is 1. The molecule has 0 spiro atoms. The Hall–Kier alpha value is -3.29. The van der Waals surface area contributed by atoms with Gasteiger partial charge < -0.3 is 10.6 Å². The first-order valence-electron chi connectivity index (χ1n) is 8.56. The fourth-order valence-corrected chi connectivity index (χ4v) is 2.88. The number of nitrogens with one attached hydrogen (secondary N) is 2. The largest absolute Gasteiger partial charge is 0.328 e. The van der Waals surface area contributed by atoms with Crippen molar-refractivity contribution in [3.05, 3.63) is 60.4 Å². The quantitative estimate of drug-likeness (QED) is 0.738. The molecule has 2 aromatic heterocycles. The van der Waals surface area contributed by atoms with Crippen LogP contribution in [0.3, 0.4) is 0 Å². The lowest BCUT2D eigenvalue weighted by Crippen LogP contribution is -2.33. The maximum absolute atomic E-state index is 12.5. The molecule has 2 N–H and O–H groups in total. The fourth-order valence-electron chi connectivity index (χ4n) is 2.88. The molecule has 2 amide bonds. The minimum Gasteiger partial charge on any atom is -0.328 e. The van der Waals surface area contributed by atoms with Gasteiger partial charge in [-0.15, -0.1) is 0 Å². The molecule has 2 heterocycles. The molecular formula is C18H19N7O. The van der Waals surface area contributed by atoms with Crippen LogP contribution in [-0.2, 0) is 0 Å². The minimum absolute atomic E-state index is 0.283. The van der Waals surface area contributed by atoms with E-state index in [9.17, 15) is 4.79 Å². The van der Waals surface area contributed by atoms with Crippen molar-refractivity contribution < 1.29 is 4.79 Å². The lowest BCUT2D eigenvalue weighted by Gasteiger charge is -2.16. The first kappa shape index (κ1) is 16.2. The van der Waals surface area contributed by atoms with E-state index in [4.69, 9.17) is 0 Å². The maximum atomic E-state index is 12.5. The molecule has 1 saturated carbocycles. The third-order valence-corrected chi connectivity index (χ3v) is 4.28. The zero-order valence-electron chi connectivity index (χ0n) is 14.3. The predicted octanol–water partition coefficient (Wildman–Crippen LogP) is 2.82. The van der Waals surface area contributed by atoms with Crippen molar-refractivity contribution in [2.24, 2.45) is 0 Å². The molecule has 1 aliphatic carbocycles. The lowest BCUT2D eigenvalue weighted by atomic mass is 10.1. The van der Waals surface area contributed by atoms with Crippen LogP contribution < -0.4 is 10.6 Å². The molecular weight excluding hydrogens is 330 g/mol. The smallest absolute Gasteiger partial charge is 0.319 e. The third kappa shape index (κ3) is 3.39. The summed E-state index contributed by atoms with van der Waals surface area (Å²) in [6.45, 7) is 1.84. The van der Waals surface area contributed by atoms with Crippen LogP contribution in [0.25, 0.3) is 5.95 Å². The summed E-state index contributed by atoms with van der Waals surface area (Å²) in [5.74, 6) is 1.53. The maximum Gasteiger partial charge on any atom is 0.319 e. The van der Waals surface area contributed by atoms with Crippen LogP contribution in [0, 0.1) is 0 Å². The highest BCUT2D eigenvalue weighted by atomic mass is 16.2. The van der Waals surface area contributed by atoms with Crippen LogP contribution in [0.4, 0.5) is 10.5 Å². The second-order valence-corrected chi connectivity index (χ2v) is 6.26. The molecule has 1 fully saturated rings. The lowest BCUT2D eigenvalue weighted by molar-refractivity contribution is 0.248. The monoisotopic (exact) mass is 349 g/mol. The molecule has 8 nitrogen and oxygen atoms in total. The van der Waals surface area contributed by atoms with Gasteiger partial charge in [0.1, 0.15) is 6.33 Å². The van der Waals surface area contributed by atoms with Crippen LogP contribution >= 0.6 is 0 Å². The molecule has 0 aliphatic heterocycles. The number of carbonyl (C=O) groups is 1. The number of hydrogen-bond donors (Lipinski definition) is 2. The Morgan fingerprint density at radius 3 is 2.69 bits per heavy atom. The van der Waals surface area contributed by atoms with Crippen molar-refractivity contribution in [2.75, 3.05) is 5.32 Å². The van der Waals surface area contributed by atoms with Gasteiger partial charge in [0.2, 0.25) is 0 Å². The van der Waals surface area contributed by atoms with Crippen molar-refractivity contribution in [3.8, 4) is 5.95 Å². The van der Waals surface area contributed by atoms with Crippen LogP contribution in [0.2, 0.25) is 0 Å². The van der Waals surface area contributed by atoms with Crippen molar-refractivity contribution in [2.45, 2.75) is 31.7 Å². The molecule has 0 radical (unpaired) electrons. The third-order valence-electron chi connectivity index (χ3n) is 4.28. The number of carbonyl (C=O) groups excluding carboxylic acids is 1. The van der Waals surface area contributed by atoms with E-state index in [-0.39, 0.29) is 12.1 Å². The van der Waals surface area contributed by atoms with Crippen LogP contribution in [0.5, 0.6) is 0 Å². The van der Waals surface area contributed by atoms with Crippen molar-refractivity contribution in [1.29, 1.82) is 0 Å². The Labute approximate surface area is 150 Å². The molecule has 1 atom stereocenters. The second-order valence-electron chi connectivity index (χ2n) is 6.26. The molecule has 132 valence electrons. The van der Waals surface area contributed by atoms with Crippen LogP contribution in [0.1, 0.15) is 43.1 Å². The van der Waals surface area contributed by atoms with E-state index in [0.29, 0.717) is 17.7 Å². The molecule has 1 aliphatic rings. The summed E-state index contributed by atoms with van der Waals surface area (Å²) >= 11 is 0. The van der Waals surface area contributed by atoms with Crippen LogP contribution in [-0.4, -0.2) is 30.8 Å². The first-order valence-corrected chi connectivity index (χ1v) is 8.56. The van der Waals surface area contributed by atoms with Crippen molar-refractivity contribution in [3.63, 3.8) is 0 Å². The van der Waals surface area contributed by atoms with E-state index >= 15 is 0 Å². The Balaban J connectivity index is 1.47. The predicted molar refractivity (Wildman–Crippen MR) is 95.9 cm³/mol.